The van der Waals surface area contributed by atoms with Crippen LogP contribution >= 0.6 is 0 Å². The van der Waals surface area contributed by atoms with Gasteiger partial charge in [-0.15, -0.1) is 0 Å². The molecule has 1 rings (SSSR count). The van der Waals surface area contributed by atoms with Crippen molar-refractivity contribution >= 4 is 5.84 Å². The zero-order chi connectivity index (χ0) is 12.7. The molecule has 0 radical (unpaired) electrons. The van der Waals surface area contributed by atoms with Gasteiger partial charge in [0.05, 0.1) is 0 Å². The van der Waals surface area contributed by atoms with Crippen LogP contribution in [0.1, 0.15) is 30.9 Å². The molecule has 4 nitrogen and oxygen atoms in total. The van der Waals surface area contributed by atoms with Crippen LogP contribution in [0.25, 0.3) is 0 Å². The molecule has 17 heavy (non-hydrogen) atoms. The molecular formula is C13H21N3O. The van der Waals surface area contributed by atoms with Crippen molar-refractivity contribution in [1.82, 2.24) is 5.32 Å². The number of nitrogens with one attached hydrogen (secondary N) is 1. The Hall–Kier alpha value is -1.55. The van der Waals surface area contributed by atoms with Crippen molar-refractivity contribution in [1.29, 1.82) is 0 Å². The molecule has 0 fully saturated rings. The second kappa shape index (κ2) is 6.91. The fraction of sp³-hybridized carbons (Fsp3) is 0.462. The summed E-state index contributed by atoms with van der Waals surface area (Å²) in [6, 6.07) is 8.52. The summed E-state index contributed by atoms with van der Waals surface area (Å²) in [5.74, 6) is 0.272. The lowest BCUT2D eigenvalue weighted by atomic mass is 10.1. The van der Waals surface area contributed by atoms with Crippen LogP contribution in [0.4, 0.5) is 0 Å². The number of rotatable bonds is 6. The van der Waals surface area contributed by atoms with Gasteiger partial charge in [-0.1, -0.05) is 36.3 Å². The first kappa shape index (κ1) is 13.5. The van der Waals surface area contributed by atoms with E-state index in [0.717, 1.165) is 13.0 Å². The molecule has 0 aliphatic heterocycles. The minimum atomic E-state index is 0.241. The number of hydrogen-bond donors (Lipinski definition) is 3. The predicted molar refractivity (Wildman–Crippen MR) is 70.1 cm³/mol. The molecular weight excluding hydrogens is 214 g/mol. The number of nitrogens with two attached hydrogens (primary N) is 1. The van der Waals surface area contributed by atoms with Gasteiger partial charge in [0.25, 0.3) is 0 Å². The Bertz CT molecular complexity index is 377. The maximum atomic E-state index is 8.54. The Kier molecular flexibility index (Phi) is 5.49. The maximum Gasteiger partial charge on any atom is 0.140 e. The minimum Gasteiger partial charge on any atom is -0.409 e. The smallest absolute Gasteiger partial charge is 0.140 e. The van der Waals surface area contributed by atoms with E-state index >= 15 is 0 Å². The summed E-state index contributed by atoms with van der Waals surface area (Å²) in [6.07, 6.45) is 1.51. The van der Waals surface area contributed by atoms with E-state index in [0.29, 0.717) is 6.42 Å². The maximum absolute atomic E-state index is 8.54. The molecule has 4 heteroatoms. The third-order valence-corrected chi connectivity index (χ3v) is 2.92. The average molecular weight is 235 g/mol. The van der Waals surface area contributed by atoms with Crippen molar-refractivity contribution in [3.05, 3.63) is 35.4 Å². The first-order valence-electron chi connectivity index (χ1n) is 5.91. The third-order valence-electron chi connectivity index (χ3n) is 2.92. The van der Waals surface area contributed by atoms with E-state index < -0.39 is 0 Å². The molecule has 1 aromatic carbocycles. The molecule has 94 valence electrons. The summed E-state index contributed by atoms with van der Waals surface area (Å²) in [5, 5.41) is 15.0. The van der Waals surface area contributed by atoms with E-state index in [4.69, 9.17) is 10.9 Å². The second-order valence-electron chi connectivity index (χ2n) is 4.21. The molecule has 0 bridgehead atoms. The quantitative estimate of drug-likeness (QED) is 0.306. The largest absolute Gasteiger partial charge is 0.409 e. The lowest BCUT2D eigenvalue weighted by molar-refractivity contribution is 0.315. The molecule has 0 aromatic heterocycles. The third kappa shape index (κ3) is 4.44. The summed E-state index contributed by atoms with van der Waals surface area (Å²) in [7, 11) is 0. The topological polar surface area (TPSA) is 70.6 Å². The van der Waals surface area contributed by atoms with Gasteiger partial charge in [-0.3, -0.25) is 0 Å². The van der Waals surface area contributed by atoms with Crippen LogP contribution in [0, 0.1) is 6.92 Å². The fourth-order valence-electron chi connectivity index (χ4n) is 1.72. The van der Waals surface area contributed by atoms with Gasteiger partial charge in [0.1, 0.15) is 5.84 Å². The Morgan fingerprint density at radius 1 is 1.47 bits per heavy atom. The van der Waals surface area contributed by atoms with Gasteiger partial charge in [-0.2, -0.15) is 0 Å². The van der Waals surface area contributed by atoms with E-state index in [1.807, 2.05) is 12.1 Å². The standard InChI is InChI=1S/C13H21N3O/c1-3-12(8-13(14)16-17)15-9-11-7-5-4-6-10(11)2/h4-7,12,15,17H,3,8-9H2,1-2H3,(H2,14,16). The fourth-order valence-corrected chi connectivity index (χ4v) is 1.72. The zero-order valence-corrected chi connectivity index (χ0v) is 10.5. The SMILES string of the molecule is CCC(CC(N)=NO)NCc1ccccc1C. The second-order valence-corrected chi connectivity index (χ2v) is 4.21. The van der Waals surface area contributed by atoms with Crippen LogP contribution in [-0.2, 0) is 6.54 Å². The molecule has 0 aliphatic rings. The summed E-state index contributed by atoms with van der Waals surface area (Å²) >= 11 is 0. The van der Waals surface area contributed by atoms with Crippen LogP contribution in [0.3, 0.4) is 0 Å². The summed E-state index contributed by atoms with van der Waals surface area (Å²) in [4.78, 5) is 0. The highest BCUT2D eigenvalue weighted by atomic mass is 16.4. The molecule has 0 amide bonds. The number of oxime groups is 1. The van der Waals surface area contributed by atoms with Gasteiger partial charge in [0.15, 0.2) is 0 Å². The highest BCUT2D eigenvalue weighted by Gasteiger charge is 2.08. The van der Waals surface area contributed by atoms with Crippen molar-refractivity contribution in [2.75, 3.05) is 0 Å². The van der Waals surface area contributed by atoms with Crippen LogP contribution in [-0.4, -0.2) is 17.1 Å². The molecule has 0 heterocycles. The molecule has 0 saturated heterocycles. The van der Waals surface area contributed by atoms with Crippen LogP contribution in [0.15, 0.2) is 29.4 Å². The van der Waals surface area contributed by atoms with Gasteiger partial charge < -0.3 is 16.3 Å². The van der Waals surface area contributed by atoms with Gasteiger partial charge in [0, 0.05) is 19.0 Å². The van der Waals surface area contributed by atoms with Crippen molar-refractivity contribution in [2.24, 2.45) is 10.9 Å². The van der Waals surface area contributed by atoms with Crippen LogP contribution < -0.4 is 11.1 Å². The van der Waals surface area contributed by atoms with Crippen LogP contribution in [0.2, 0.25) is 0 Å². The monoisotopic (exact) mass is 235 g/mol. The first-order chi connectivity index (χ1) is 8.17. The number of aryl methyl sites for hydroxylation is 1. The number of benzene rings is 1. The van der Waals surface area contributed by atoms with E-state index in [9.17, 15) is 0 Å². The Morgan fingerprint density at radius 2 is 2.18 bits per heavy atom. The van der Waals surface area contributed by atoms with Gasteiger partial charge in [0.2, 0.25) is 0 Å². The minimum absolute atomic E-state index is 0.241. The van der Waals surface area contributed by atoms with Gasteiger partial charge in [-0.05, 0) is 24.5 Å². The molecule has 0 saturated carbocycles. The normalized spacial score (nSPS) is 13.6. The van der Waals surface area contributed by atoms with Gasteiger partial charge >= 0.3 is 0 Å². The van der Waals surface area contributed by atoms with E-state index in [-0.39, 0.29) is 11.9 Å². The van der Waals surface area contributed by atoms with Crippen molar-refractivity contribution in [3.8, 4) is 0 Å². The number of nitrogens with zero attached hydrogens (tertiary/aromatic N) is 1. The van der Waals surface area contributed by atoms with Crippen LogP contribution in [0.5, 0.6) is 0 Å². The number of hydrogen-bond acceptors (Lipinski definition) is 3. The molecule has 4 N–H and O–H groups in total. The zero-order valence-electron chi connectivity index (χ0n) is 10.5. The molecule has 0 aliphatic carbocycles. The predicted octanol–water partition coefficient (Wildman–Crippen LogP) is 2.00. The lowest BCUT2D eigenvalue weighted by Gasteiger charge is -2.17. The molecule has 0 spiro atoms. The van der Waals surface area contributed by atoms with E-state index in [1.54, 1.807) is 0 Å². The molecule has 1 atom stereocenters. The Balaban J connectivity index is 2.51. The highest BCUT2D eigenvalue weighted by Crippen LogP contribution is 2.08. The van der Waals surface area contributed by atoms with Crippen molar-refractivity contribution in [2.45, 2.75) is 39.3 Å². The summed E-state index contributed by atoms with van der Waals surface area (Å²) in [5.41, 5.74) is 8.07. The van der Waals surface area contributed by atoms with Gasteiger partial charge in [-0.25, -0.2) is 0 Å². The highest BCUT2D eigenvalue weighted by molar-refractivity contribution is 5.80. The lowest BCUT2D eigenvalue weighted by Crippen LogP contribution is -2.32. The van der Waals surface area contributed by atoms with E-state index in [2.05, 4.69) is 36.5 Å². The van der Waals surface area contributed by atoms with Crippen molar-refractivity contribution < 1.29 is 5.21 Å². The summed E-state index contributed by atoms with van der Waals surface area (Å²) < 4.78 is 0. The molecule has 1 aromatic rings. The first-order valence-corrected chi connectivity index (χ1v) is 5.91. The molecule has 1 unspecified atom stereocenters. The summed E-state index contributed by atoms with van der Waals surface area (Å²) in [6.45, 7) is 4.99. The Labute approximate surface area is 103 Å². The average Bonchev–Trinajstić information content (AvgIpc) is 2.35. The Morgan fingerprint density at radius 3 is 2.76 bits per heavy atom. The van der Waals surface area contributed by atoms with E-state index in [1.165, 1.54) is 11.1 Å². The number of amidine groups is 1. The van der Waals surface area contributed by atoms with Crippen molar-refractivity contribution in [3.63, 3.8) is 0 Å².